The number of nitrogens with zero attached hydrogens (tertiary/aromatic N) is 2. The summed E-state index contributed by atoms with van der Waals surface area (Å²) in [5.41, 5.74) is 3.02. The van der Waals surface area contributed by atoms with Crippen LogP contribution in [0, 0.1) is 10.1 Å². The highest BCUT2D eigenvalue weighted by Crippen LogP contribution is 2.36. The Morgan fingerprint density at radius 2 is 2.04 bits per heavy atom. The van der Waals surface area contributed by atoms with Gasteiger partial charge in [-0.25, -0.2) is 5.43 Å². The lowest BCUT2D eigenvalue weighted by molar-refractivity contribution is -0.386. The van der Waals surface area contributed by atoms with E-state index < -0.39 is 22.3 Å². The van der Waals surface area contributed by atoms with Crippen molar-refractivity contribution in [2.75, 3.05) is 13.7 Å². The number of benzene rings is 2. The maximum absolute atomic E-state index is 11.9. The van der Waals surface area contributed by atoms with Gasteiger partial charge >= 0.3 is 5.69 Å². The summed E-state index contributed by atoms with van der Waals surface area (Å²) in [6.07, 6.45) is 1.20. The van der Waals surface area contributed by atoms with Gasteiger partial charge in [0.15, 0.2) is 12.4 Å². The molecule has 28 heavy (non-hydrogen) atoms. The van der Waals surface area contributed by atoms with Crippen LogP contribution in [0.5, 0.6) is 17.2 Å². The highest BCUT2D eigenvalue weighted by Gasteiger charge is 2.19. The van der Waals surface area contributed by atoms with Crippen molar-refractivity contribution in [2.45, 2.75) is 19.8 Å². The Balaban J connectivity index is 2.00. The van der Waals surface area contributed by atoms with Crippen molar-refractivity contribution < 1.29 is 24.3 Å². The number of nitro groups is 1. The highest BCUT2D eigenvalue weighted by atomic mass is 16.6. The van der Waals surface area contributed by atoms with Gasteiger partial charge in [0, 0.05) is 11.6 Å². The number of nitrogens with one attached hydrogen (secondary N) is 1. The summed E-state index contributed by atoms with van der Waals surface area (Å²) in [6, 6.07) is 9.91. The molecule has 9 nitrogen and oxygen atoms in total. The Kier molecular flexibility index (Phi) is 6.91. The quantitative estimate of drug-likeness (QED) is 0.408. The molecular weight excluding hydrogens is 366 g/mol. The topological polar surface area (TPSA) is 123 Å². The fraction of sp³-hybridized carbons (Fsp3) is 0.263. The van der Waals surface area contributed by atoms with E-state index in [0.29, 0.717) is 5.75 Å². The SMILES string of the molecule is COc1cc(/C=N/NC(=O)COc2ccccc2C(C)C)cc([N+](=O)[O-])c1O. The van der Waals surface area contributed by atoms with Gasteiger partial charge in [0.1, 0.15) is 5.75 Å². The average molecular weight is 387 g/mol. The molecule has 0 fully saturated rings. The standard InChI is InChI=1S/C19H21N3O6/c1-12(2)14-6-4-5-7-16(14)28-11-18(23)21-20-10-13-8-15(22(25)26)19(24)17(9-13)27-3/h4-10,12,24H,11H2,1-3H3,(H,21,23)/b20-10+. The number of hydrogen-bond acceptors (Lipinski definition) is 7. The van der Waals surface area contributed by atoms with Crippen LogP contribution in [0.1, 0.15) is 30.9 Å². The monoisotopic (exact) mass is 387 g/mol. The predicted octanol–water partition coefficient (Wildman–Crippen LogP) is 2.96. The van der Waals surface area contributed by atoms with Crippen molar-refractivity contribution in [3.05, 3.63) is 57.6 Å². The molecule has 0 saturated carbocycles. The molecule has 0 atom stereocenters. The minimum Gasteiger partial charge on any atom is -0.500 e. The van der Waals surface area contributed by atoms with Gasteiger partial charge < -0.3 is 14.6 Å². The van der Waals surface area contributed by atoms with Crippen LogP contribution in [0.2, 0.25) is 0 Å². The van der Waals surface area contributed by atoms with E-state index in [9.17, 15) is 20.0 Å². The lowest BCUT2D eigenvalue weighted by Gasteiger charge is -2.13. The number of phenolic OH excluding ortho intramolecular Hbond substituents is 1. The average Bonchev–Trinajstić information content (AvgIpc) is 2.67. The second kappa shape index (κ2) is 9.36. The molecule has 2 aromatic carbocycles. The molecule has 148 valence electrons. The maximum Gasteiger partial charge on any atom is 0.315 e. The fourth-order valence-corrected chi connectivity index (χ4v) is 2.43. The van der Waals surface area contributed by atoms with Crippen LogP contribution in [0.4, 0.5) is 5.69 Å². The van der Waals surface area contributed by atoms with Crippen molar-refractivity contribution in [2.24, 2.45) is 5.10 Å². The summed E-state index contributed by atoms with van der Waals surface area (Å²) in [5.74, 6) is -0.273. The van der Waals surface area contributed by atoms with Crippen molar-refractivity contribution in [3.63, 3.8) is 0 Å². The molecule has 0 spiro atoms. The van der Waals surface area contributed by atoms with E-state index in [1.165, 1.54) is 19.4 Å². The molecule has 2 rings (SSSR count). The second-order valence-electron chi connectivity index (χ2n) is 6.12. The lowest BCUT2D eigenvalue weighted by atomic mass is 10.0. The summed E-state index contributed by atoms with van der Waals surface area (Å²) >= 11 is 0. The molecule has 2 aromatic rings. The van der Waals surface area contributed by atoms with Crippen LogP contribution in [0.25, 0.3) is 0 Å². The summed E-state index contributed by atoms with van der Waals surface area (Å²) < 4.78 is 10.4. The number of ether oxygens (including phenoxy) is 2. The third-order valence-electron chi connectivity index (χ3n) is 3.80. The van der Waals surface area contributed by atoms with Gasteiger partial charge in [0.05, 0.1) is 18.2 Å². The molecule has 0 heterocycles. The molecule has 1 amide bonds. The first-order valence-corrected chi connectivity index (χ1v) is 8.42. The Labute approximate surface area is 161 Å². The first kappa shape index (κ1) is 20.7. The molecule has 9 heteroatoms. The summed E-state index contributed by atoms with van der Waals surface area (Å²) in [5, 5.41) is 24.5. The molecule has 0 aliphatic carbocycles. The van der Waals surface area contributed by atoms with Gasteiger partial charge in [-0.3, -0.25) is 14.9 Å². The van der Waals surface area contributed by atoms with E-state index in [1.54, 1.807) is 6.07 Å². The van der Waals surface area contributed by atoms with Crippen LogP contribution in [-0.4, -0.2) is 35.9 Å². The van der Waals surface area contributed by atoms with Gasteiger partial charge in [0.25, 0.3) is 5.91 Å². The van der Waals surface area contributed by atoms with Crippen LogP contribution >= 0.6 is 0 Å². The molecule has 0 aromatic heterocycles. The number of amides is 1. The van der Waals surface area contributed by atoms with Crippen molar-refractivity contribution in [1.82, 2.24) is 5.43 Å². The first-order chi connectivity index (χ1) is 13.3. The van der Waals surface area contributed by atoms with Gasteiger partial charge in [0.2, 0.25) is 5.75 Å². The highest BCUT2D eigenvalue weighted by molar-refractivity contribution is 5.85. The largest absolute Gasteiger partial charge is 0.500 e. The van der Waals surface area contributed by atoms with E-state index in [2.05, 4.69) is 10.5 Å². The number of phenols is 1. The molecule has 0 aliphatic rings. The van der Waals surface area contributed by atoms with E-state index in [0.717, 1.165) is 11.6 Å². The number of nitro benzene ring substituents is 1. The molecule has 0 aliphatic heterocycles. The van der Waals surface area contributed by atoms with E-state index in [-0.39, 0.29) is 23.8 Å². The Bertz CT molecular complexity index is 895. The zero-order chi connectivity index (χ0) is 20.7. The number of aromatic hydroxyl groups is 1. The number of carbonyl (C=O) groups is 1. The number of methoxy groups -OCH3 is 1. The van der Waals surface area contributed by atoms with Crippen LogP contribution in [0.15, 0.2) is 41.5 Å². The molecule has 2 N–H and O–H groups in total. The molecular formula is C19H21N3O6. The summed E-state index contributed by atoms with van der Waals surface area (Å²) in [4.78, 5) is 22.2. The number of hydrogen-bond donors (Lipinski definition) is 2. The van der Waals surface area contributed by atoms with Gasteiger partial charge in [-0.1, -0.05) is 32.0 Å². The molecule has 0 radical (unpaired) electrons. The Hall–Kier alpha value is -3.62. The van der Waals surface area contributed by atoms with Crippen LogP contribution in [0.3, 0.4) is 0 Å². The maximum atomic E-state index is 11.9. The molecule has 0 bridgehead atoms. The van der Waals surface area contributed by atoms with E-state index in [1.807, 2.05) is 32.0 Å². The smallest absolute Gasteiger partial charge is 0.315 e. The van der Waals surface area contributed by atoms with Crippen LogP contribution in [-0.2, 0) is 4.79 Å². The van der Waals surface area contributed by atoms with Gasteiger partial charge in [-0.2, -0.15) is 5.10 Å². The Morgan fingerprint density at radius 3 is 2.68 bits per heavy atom. The fourth-order valence-electron chi connectivity index (χ4n) is 2.43. The third kappa shape index (κ3) is 5.19. The van der Waals surface area contributed by atoms with Crippen molar-refractivity contribution >= 4 is 17.8 Å². The zero-order valence-corrected chi connectivity index (χ0v) is 15.7. The van der Waals surface area contributed by atoms with Crippen molar-refractivity contribution in [3.8, 4) is 17.2 Å². The minimum atomic E-state index is -0.742. The van der Waals surface area contributed by atoms with E-state index >= 15 is 0 Å². The first-order valence-electron chi connectivity index (χ1n) is 8.42. The molecule has 0 saturated heterocycles. The number of rotatable bonds is 8. The predicted molar refractivity (Wildman–Crippen MR) is 103 cm³/mol. The normalized spacial score (nSPS) is 10.9. The van der Waals surface area contributed by atoms with E-state index in [4.69, 9.17) is 9.47 Å². The zero-order valence-electron chi connectivity index (χ0n) is 15.7. The van der Waals surface area contributed by atoms with Crippen LogP contribution < -0.4 is 14.9 Å². The van der Waals surface area contributed by atoms with Crippen molar-refractivity contribution in [1.29, 1.82) is 0 Å². The number of hydrazone groups is 1. The number of para-hydroxylation sites is 1. The third-order valence-corrected chi connectivity index (χ3v) is 3.80. The Morgan fingerprint density at radius 1 is 1.32 bits per heavy atom. The lowest BCUT2D eigenvalue weighted by Crippen LogP contribution is -2.24. The summed E-state index contributed by atoms with van der Waals surface area (Å²) in [6.45, 7) is 3.81. The minimum absolute atomic E-state index is 0.0735. The number of carbonyl (C=O) groups excluding carboxylic acids is 1. The van der Waals surface area contributed by atoms with Gasteiger partial charge in [-0.15, -0.1) is 0 Å². The molecule has 0 unspecified atom stereocenters. The summed E-state index contributed by atoms with van der Waals surface area (Å²) in [7, 11) is 1.27. The van der Waals surface area contributed by atoms with Gasteiger partial charge in [-0.05, 0) is 23.6 Å². The second-order valence-corrected chi connectivity index (χ2v) is 6.12.